The highest BCUT2D eigenvalue weighted by molar-refractivity contribution is 7.90. The van der Waals surface area contributed by atoms with Gasteiger partial charge >= 0.3 is 0 Å². The van der Waals surface area contributed by atoms with Gasteiger partial charge in [0.25, 0.3) is 0 Å². The normalized spacial score (nSPS) is 32.3. The molecule has 4 N–H and O–H groups in total. The summed E-state index contributed by atoms with van der Waals surface area (Å²) in [6, 6.07) is 7.26. The third kappa shape index (κ3) is 4.75. The number of hydrogen-bond acceptors (Lipinski definition) is 7. The molecule has 1 saturated heterocycles. The Morgan fingerprint density at radius 3 is 2.44 bits per heavy atom. The zero-order valence-electron chi connectivity index (χ0n) is 23.3. The number of nitrogens with two attached hydrogens (primary N) is 1. The number of rotatable bonds is 8. The highest BCUT2D eigenvalue weighted by Crippen LogP contribution is 2.70. The molecule has 1 aromatic carbocycles. The maximum absolute atomic E-state index is 14.0. The number of nitrogens with zero attached hydrogens (tertiary/aromatic N) is 1. The number of carbonyl (C=O) groups is 1. The Kier molecular flexibility index (Phi) is 7.06. The average molecular weight is 582 g/mol. The summed E-state index contributed by atoms with van der Waals surface area (Å²) in [7, 11) is -7.15. The molecule has 1 aromatic rings. The van der Waals surface area contributed by atoms with Crippen LogP contribution in [0.5, 0.6) is 0 Å². The maximum Gasteiger partial charge on any atom is 0.238 e. The Morgan fingerprint density at radius 2 is 1.79 bits per heavy atom. The number of benzene rings is 1. The Hall–Kier alpha value is -1.53. The maximum atomic E-state index is 14.0. The van der Waals surface area contributed by atoms with Crippen LogP contribution >= 0.6 is 0 Å². The van der Waals surface area contributed by atoms with Crippen LogP contribution < -0.4 is 11.1 Å². The zero-order chi connectivity index (χ0) is 28.5. The third-order valence-corrected chi connectivity index (χ3v) is 14.0. The molecule has 11 heteroatoms. The van der Waals surface area contributed by atoms with Crippen molar-refractivity contribution >= 4 is 25.8 Å². The van der Waals surface area contributed by atoms with Gasteiger partial charge in [0.2, 0.25) is 15.9 Å². The highest BCUT2D eigenvalue weighted by atomic mass is 32.2. The van der Waals surface area contributed by atoms with E-state index in [9.17, 15) is 26.7 Å². The minimum absolute atomic E-state index is 0.0434. The van der Waals surface area contributed by atoms with E-state index in [-0.39, 0.29) is 23.6 Å². The molecule has 4 atom stereocenters. The molecular formula is C28H43N3O6S2. The minimum Gasteiger partial charge on any atom is -0.387 e. The predicted molar refractivity (Wildman–Crippen MR) is 150 cm³/mol. The summed E-state index contributed by atoms with van der Waals surface area (Å²) in [5.74, 6) is -1.20. The molecule has 5 rings (SSSR count). The molecule has 1 unspecified atom stereocenters. The molecule has 1 aliphatic heterocycles. The number of hydrogen-bond donors (Lipinski definition) is 3. The predicted octanol–water partition coefficient (Wildman–Crippen LogP) is 1.34. The van der Waals surface area contributed by atoms with E-state index in [2.05, 4.69) is 29.6 Å². The van der Waals surface area contributed by atoms with Crippen LogP contribution in [0.15, 0.2) is 24.3 Å². The molecule has 9 nitrogen and oxygen atoms in total. The number of nitrogens with one attached hydrogen (secondary N) is 1. The van der Waals surface area contributed by atoms with Crippen LogP contribution in [0.25, 0.3) is 0 Å². The van der Waals surface area contributed by atoms with Crippen molar-refractivity contribution in [3.05, 3.63) is 35.4 Å². The topological polar surface area (TPSA) is 147 Å². The molecule has 1 amide bonds. The fourth-order valence-electron chi connectivity index (χ4n) is 8.57. The largest absolute Gasteiger partial charge is 0.387 e. The van der Waals surface area contributed by atoms with E-state index >= 15 is 0 Å². The lowest BCUT2D eigenvalue weighted by molar-refractivity contribution is -0.126. The van der Waals surface area contributed by atoms with Crippen molar-refractivity contribution in [1.82, 2.24) is 9.62 Å². The second kappa shape index (κ2) is 9.51. The molecular weight excluding hydrogens is 538 g/mol. The fourth-order valence-corrected chi connectivity index (χ4v) is 11.7. The third-order valence-electron chi connectivity index (χ3n) is 11.0. The van der Waals surface area contributed by atoms with Gasteiger partial charge in [0.05, 0.1) is 23.1 Å². The summed E-state index contributed by atoms with van der Waals surface area (Å²) in [5, 5.41) is 14.7. The van der Waals surface area contributed by atoms with Crippen LogP contribution in [0.1, 0.15) is 63.5 Å². The summed E-state index contributed by atoms with van der Waals surface area (Å²) in [6.45, 7) is 4.85. The first-order valence-corrected chi connectivity index (χ1v) is 17.7. The average Bonchev–Trinajstić information content (AvgIpc) is 3.37. The smallest absolute Gasteiger partial charge is 0.238 e. The molecule has 218 valence electrons. The van der Waals surface area contributed by atoms with Gasteiger partial charge in [-0.2, -0.15) is 0 Å². The molecule has 4 aliphatic rings. The van der Waals surface area contributed by atoms with Crippen molar-refractivity contribution < 1.29 is 26.7 Å². The number of piperidine rings is 1. The Bertz CT molecular complexity index is 1350. The van der Waals surface area contributed by atoms with Crippen molar-refractivity contribution in [2.45, 2.75) is 75.9 Å². The number of amides is 1. The van der Waals surface area contributed by atoms with E-state index in [1.165, 1.54) is 11.1 Å². The van der Waals surface area contributed by atoms with E-state index in [1.54, 1.807) is 4.31 Å². The Morgan fingerprint density at radius 1 is 1.13 bits per heavy atom. The Labute approximate surface area is 232 Å². The zero-order valence-corrected chi connectivity index (χ0v) is 24.9. The van der Waals surface area contributed by atoms with Gasteiger partial charge in [-0.25, -0.2) is 21.1 Å². The second-order valence-corrected chi connectivity index (χ2v) is 17.4. The molecule has 3 fully saturated rings. The van der Waals surface area contributed by atoms with Crippen molar-refractivity contribution in [3.63, 3.8) is 0 Å². The summed E-state index contributed by atoms with van der Waals surface area (Å²) < 4.78 is 52.8. The molecule has 0 radical (unpaired) electrons. The first kappa shape index (κ1) is 29.0. The van der Waals surface area contributed by atoms with Crippen molar-refractivity contribution in [1.29, 1.82) is 0 Å². The molecule has 3 aliphatic carbocycles. The summed E-state index contributed by atoms with van der Waals surface area (Å²) in [4.78, 5) is 12.6. The van der Waals surface area contributed by atoms with Crippen LogP contribution in [-0.2, 0) is 36.5 Å². The van der Waals surface area contributed by atoms with Gasteiger partial charge < -0.3 is 16.2 Å². The second-order valence-electron chi connectivity index (χ2n) is 13.3. The summed E-state index contributed by atoms with van der Waals surface area (Å²) in [5.41, 5.74) is 5.76. The van der Waals surface area contributed by atoms with Crippen molar-refractivity contribution in [2.24, 2.45) is 22.5 Å². The van der Waals surface area contributed by atoms with E-state index in [0.717, 1.165) is 38.4 Å². The number of sulfonamides is 1. The van der Waals surface area contributed by atoms with Crippen LogP contribution in [0.3, 0.4) is 0 Å². The van der Waals surface area contributed by atoms with Crippen LogP contribution in [-0.4, -0.2) is 81.2 Å². The summed E-state index contributed by atoms with van der Waals surface area (Å²) >= 11 is 0. The minimum atomic E-state index is -3.70. The van der Waals surface area contributed by atoms with Gasteiger partial charge in [-0.15, -0.1) is 0 Å². The standard InChI is InChI=1S/C28H43N3O6S2/c1-25(2)21-9-11-27(25,28(33,16-21)18-30-24(32)23(29)17-38(3,34)35)19-39(36,37)31-14-12-26(13-15-31)10-8-20-6-4-5-7-22(20)26/h4-7,21,23,33H,8-19,29H2,1-3H3,(H,30,32)/t21-,23?,27+,28-/m1/s1. The summed E-state index contributed by atoms with van der Waals surface area (Å²) in [6.07, 6.45) is 6.45. The Balaban J connectivity index is 1.32. The van der Waals surface area contributed by atoms with Gasteiger partial charge in [0.15, 0.2) is 0 Å². The highest BCUT2D eigenvalue weighted by Gasteiger charge is 2.72. The monoisotopic (exact) mass is 581 g/mol. The van der Waals surface area contributed by atoms with Gasteiger partial charge in [-0.05, 0) is 72.8 Å². The van der Waals surface area contributed by atoms with E-state index < -0.39 is 54.0 Å². The van der Waals surface area contributed by atoms with Gasteiger partial charge in [0, 0.05) is 31.3 Å². The van der Waals surface area contributed by atoms with Crippen molar-refractivity contribution in [3.8, 4) is 0 Å². The van der Waals surface area contributed by atoms with E-state index in [4.69, 9.17) is 5.73 Å². The quantitative estimate of drug-likeness (QED) is 0.420. The SMILES string of the molecule is CC1(C)[C@@H]2CC[C@@]1(CS(=O)(=O)N1CCC3(CCc4ccccc43)CC1)[C@](O)(CNC(=O)C(N)CS(C)(=O)=O)C2. The van der Waals surface area contributed by atoms with Crippen LogP contribution in [0.4, 0.5) is 0 Å². The molecule has 1 heterocycles. The van der Waals surface area contributed by atoms with Gasteiger partial charge in [0.1, 0.15) is 9.84 Å². The van der Waals surface area contributed by atoms with Crippen LogP contribution in [0.2, 0.25) is 0 Å². The first-order valence-electron chi connectivity index (χ1n) is 14.0. The number of carbonyl (C=O) groups excluding carboxylic acids is 1. The molecule has 2 bridgehead atoms. The molecule has 2 saturated carbocycles. The van der Waals surface area contributed by atoms with Crippen molar-refractivity contribution in [2.75, 3.05) is 37.4 Å². The van der Waals surface area contributed by atoms with Gasteiger partial charge in [-0.3, -0.25) is 4.79 Å². The lowest BCUT2D eigenvalue weighted by Crippen LogP contribution is -2.61. The number of aliphatic hydroxyl groups is 1. The van der Waals surface area contributed by atoms with E-state index in [0.29, 0.717) is 25.9 Å². The van der Waals surface area contributed by atoms with Gasteiger partial charge in [-0.1, -0.05) is 38.1 Å². The first-order chi connectivity index (χ1) is 18.0. The number of fused-ring (bicyclic) bond motifs is 4. The lowest BCUT2D eigenvalue weighted by atomic mass is 9.64. The number of sulfone groups is 1. The lowest BCUT2D eigenvalue weighted by Gasteiger charge is -2.49. The molecule has 39 heavy (non-hydrogen) atoms. The van der Waals surface area contributed by atoms with E-state index in [1.807, 2.05) is 13.8 Å². The fraction of sp³-hybridized carbons (Fsp3) is 0.750. The number of aryl methyl sites for hydroxylation is 1. The molecule has 1 spiro atoms. The molecule has 0 aromatic heterocycles. The van der Waals surface area contributed by atoms with Crippen LogP contribution in [0, 0.1) is 16.7 Å².